The molecule has 3 aromatic rings. The van der Waals surface area contributed by atoms with E-state index in [1.807, 2.05) is 23.6 Å². The van der Waals surface area contributed by atoms with Gasteiger partial charge in [-0.2, -0.15) is 4.98 Å². The molecule has 1 saturated heterocycles. The number of imidazole rings is 1. The minimum Gasteiger partial charge on any atom is -0.478 e. The van der Waals surface area contributed by atoms with Gasteiger partial charge in [-0.3, -0.25) is 4.57 Å². The first-order valence-electron chi connectivity index (χ1n) is 11.4. The number of piperidine rings is 1. The molecule has 186 valence electrons. The molecule has 0 atom stereocenters. The van der Waals surface area contributed by atoms with Crippen LogP contribution in [0.4, 0.5) is 4.79 Å². The number of carboxylic acids is 1. The van der Waals surface area contributed by atoms with Gasteiger partial charge in [0.2, 0.25) is 0 Å². The Morgan fingerprint density at radius 2 is 1.69 bits per heavy atom. The highest BCUT2D eigenvalue weighted by Crippen LogP contribution is 2.24. The number of hydrogen-bond acceptors (Lipinski definition) is 6. The Hall–Kier alpha value is -4.08. The van der Waals surface area contributed by atoms with Crippen molar-refractivity contribution >= 4 is 29.0 Å². The first kappa shape index (κ1) is 25.5. The molecule has 4 rings (SSSR count). The Bertz CT molecular complexity index is 1180. The molecule has 0 spiro atoms. The smallest absolute Gasteiger partial charge is 0.337 e. The Morgan fingerprint density at radius 1 is 1.03 bits per heavy atom. The quantitative estimate of drug-likeness (QED) is 0.513. The number of urea groups is 1. The summed E-state index contributed by atoms with van der Waals surface area (Å²) in [6.07, 6.45) is 3.47. The molecule has 1 aliphatic rings. The summed E-state index contributed by atoms with van der Waals surface area (Å²) in [5.74, 6) is -1.40. The van der Waals surface area contributed by atoms with Crippen LogP contribution in [0.2, 0.25) is 0 Å². The normalized spacial score (nSPS) is 13.0. The van der Waals surface area contributed by atoms with Crippen molar-refractivity contribution in [2.45, 2.75) is 32.7 Å². The maximum Gasteiger partial charge on any atom is 0.337 e. The SMILES string of the molecule is CCOc1nc2ccc(C(=O)O)cc2n1Cc1ccc(C(=O)OC)cc1.NC(=O)N1CCCCC1. The van der Waals surface area contributed by atoms with Gasteiger partial charge in [0.1, 0.15) is 0 Å². The summed E-state index contributed by atoms with van der Waals surface area (Å²) in [6, 6.07) is 11.9. The van der Waals surface area contributed by atoms with Gasteiger partial charge >= 0.3 is 18.0 Å². The molecule has 2 heterocycles. The van der Waals surface area contributed by atoms with Crippen LogP contribution in [0.1, 0.15) is 52.5 Å². The number of aromatic carboxylic acids is 1. The number of carbonyl (C=O) groups is 3. The summed E-state index contributed by atoms with van der Waals surface area (Å²) < 4.78 is 12.1. The number of ether oxygens (including phenoxy) is 2. The first-order valence-corrected chi connectivity index (χ1v) is 11.4. The number of amides is 2. The molecular weight excluding hydrogens is 452 g/mol. The maximum atomic E-state index is 11.5. The van der Waals surface area contributed by atoms with Gasteiger partial charge in [-0.05, 0) is 62.1 Å². The Balaban J connectivity index is 0.000000320. The molecule has 10 heteroatoms. The van der Waals surface area contributed by atoms with E-state index in [1.54, 1.807) is 29.2 Å². The Labute approximate surface area is 203 Å². The van der Waals surface area contributed by atoms with E-state index in [2.05, 4.69) is 4.98 Å². The van der Waals surface area contributed by atoms with Crippen molar-refractivity contribution in [2.24, 2.45) is 5.73 Å². The van der Waals surface area contributed by atoms with E-state index >= 15 is 0 Å². The zero-order valence-corrected chi connectivity index (χ0v) is 19.9. The van der Waals surface area contributed by atoms with E-state index in [0.717, 1.165) is 31.5 Å². The van der Waals surface area contributed by atoms with Gasteiger partial charge in [-0.15, -0.1) is 0 Å². The molecule has 2 aromatic carbocycles. The molecule has 1 aromatic heterocycles. The van der Waals surface area contributed by atoms with E-state index in [0.29, 0.717) is 35.8 Å². The number of aromatic nitrogens is 2. The van der Waals surface area contributed by atoms with Gasteiger partial charge in [-0.1, -0.05) is 12.1 Å². The van der Waals surface area contributed by atoms with E-state index in [4.69, 9.17) is 15.2 Å². The molecule has 0 unspecified atom stereocenters. The fraction of sp³-hybridized carbons (Fsp3) is 0.360. The molecule has 0 saturated carbocycles. The lowest BCUT2D eigenvalue weighted by Gasteiger charge is -2.24. The summed E-state index contributed by atoms with van der Waals surface area (Å²) in [5.41, 5.74) is 7.94. The maximum absolute atomic E-state index is 11.5. The van der Waals surface area contributed by atoms with Gasteiger partial charge in [-0.25, -0.2) is 14.4 Å². The number of nitrogens with zero attached hydrogens (tertiary/aromatic N) is 3. The summed E-state index contributed by atoms with van der Waals surface area (Å²) >= 11 is 0. The van der Waals surface area contributed by atoms with E-state index in [1.165, 1.54) is 19.6 Å². The molecule has 2 amide bonds. The first-order chi connectivity index (χ1) is 16.8. The van der Waals surface area contributed by atoms with Gasteiger partial charge in [0, 0.05) is 13.1 Å². The van der Waals surface area contributed by atoms with Crippen LogP contribution in [0.5, 0.6) is 6.01 Å². The second-order valence-electron chi connectivity index (χ2n) is 8.00. The molecule has 0 bridgehead atoms. The molecule has 0 aliphatic carbocycles. The standard InChI is InChI=1S/C19H18N2O5.C6H12N2O/c1-3-26-19-20-15-9-8-14(17(22)23)10-16(15)21(19)11-12-4-6-13(7-5-12)18(24)25-2;7-6(9)8-4-2-1-3-5-8/h4-10H,3,11H2,1-2H3,(H,22,23);1-5H2,(H2,7,9). The van der Waals surface area contributed by atoms with Crippen molar-refractivity contribution in [3.05, 3.63) is 59.2 Å². The van der Waals surface area contributed by atoms with Crippen molar-refractivity contribution in [2.75, 3.05) is 26.8 Å². The van der Waals surface area contributed by atoms with Gasteiger partial charge < -0.3 is 25.2 Å². The molecular formula is C25H30N4O6. The number of rotatable bonds is 6. The lowest BCUT2D eigenvalue weighted by atomic mass is 10.1. The van der Waals surface area contributed by atoms with Crippen molar-refractivity contribution in [1.82, 2.24) is 14.5 Å². The predicted molar refractivity (Wildman–Crippen MR) is 130 cm³/mol. The lowest BCUT2D eigenvalue weighted by Crippen LogP contribution is -2.39. The van der Waals surface area contributed by atoms with E-state index in [-0.39, 0.29) is 11.6 Å². The topological polar surface area (TPSA) is 137 Å². The van der Waals surface area contributed by atoms with Gasteiger partial charge in [0.15, 0.2) is 0 Å². The van der Waals surface area contributed by atoms with Gasteiger partial charge in [0.25, 0.3) is 6.01 Å². The number of fused-ring (bicyclic) bond motifs is 1. The Kier molecular flexibility index (Phi) is 8.66. The van der Waals surface area contributed by atoms with Crippen LogP contribution < -0.4 is 10.5 Å². The summed E-state index contributed by atoms with van der Waals surface area (Å²) in [4.78, 5) is 39.4. The van der Waals surface area contributed by atoms with Crippen molar-refractivity contribution in [3.8, 4) is 6.01 Å². The van der Waals surface area contributed by atoms with E-state index < -0.39 is 11.9 Å². The van der Waals surface area contributed by atoms with E-state index in [9.17, 15) is 19.5 Å². The van der Waals surface area contributed by atoms with Gasteiger partial charge in [0.05, 0.1) is 42.4 Å². The van der Waals surface area contributed by atoms with Crippen molar-refractivity contribution in [1.29, 1.82) is 0 Å². The predicted octanol–water partition coefficient (Wildman–Crippen LogP) is 3.52. The highest BCUT2D eigenvalue weighted by molar-refractivity contribution is 5.92. The van der Waals surface area contributed by atoms with Crippen molar-refractivity contribution in [3.63, 3.8) is 0 Å². The number of nitrogens with two attached hydrogens (primary N) is 1. The second-order valence-corrected chi connectivity index (χ2v) is 8.00. The van der Waals surface area contributed by atoms with Crippen LogP contribution in [0.15, 0.2) is 42.5 Å². The molecule has 0 radical (unpaired) electrons. The largest absolute Gasteiger partial charge is 0.478 e. The number of esters is 1. The number of benzene rings is 2. The summed E-state index contributed by atoms with van der Waals surface area (Å²) in [7, 11) is 1.34. The average molecular weight is 483 g/mol. The minimum atomic E-state index is -1.000. The highest BCUT2D eigenvalue weighted by Gasteiger charge is 2.15. The average Bonchev–Trinajstić information content (AvgIpc) is 3.21. The summed E-state index contributed by atoms with van der Waals surface area (Å²) in [5, 5.41) is 9.24. The number of primary amides is 1. The highest BCUT2D eigenvalue weighted by atomic mass is 16.5. The zero-order chi connectivity index (χ0) is 25.4. The van der Waals surface area contributed by atoms with Crippen LogP contribution in [0.25, 0.3) is 11.0 Å². The van der Waals surface area contributed by atoms with Crippen LogP contribution in [-0.2, 0) is 11.3 Å². The third kappa shape index (κ3) is 6.50. The molecule has 3 N–H and O–H groups in total. The number of hydrogen-bond donors (Lipinski definition) is 2. The third-order valence-corrected chi connectivity index (χ3v) is 5.62. The van der Waals surface area contributed by atoms with Crippen molar-refractivity contribution < 1.29 is 29.0 Å². The Morgan fingerprint density at radius 3 is 2.23 bits per heavy atom. The monoisotopic (exact) mass is 482 g/mol. The number of carbonyl (C=O) groups excluding carboxylic acids is 2. The van der Waals surface area contributed by atoms with Crippen LogP contribution in [-0.4, -0.2) is 64.3 Å². The number of carboxylic acid groups (broad SMARTS) is 1. The second kappa shape index (κ2) is 11.9. The molecule has 10 nitrogen and oxygen atoms in total. The van der Waals surface area contributed by atoms with Crippen LogP contribution in [0, 0.1) is 0 Å². The molecule has 1 aliphatic heterocycles. The minimum absolute atomic E-state index is 0.183. The number of likely N-dealkylation sites (tertiary alicyclic amines) is 1. The fourth-order valence-electron chi connectivity index (χ4n) is 3.79. The number of methoxy groups -OCH3 is 1. The lowest BCUT2D eigenvalue weighted by molar-refractivity contribution is 0.0599. The summed E-state index contributed by atoms with van der Waals surface area (Å²) in [6.45, 7) is 4.44. The zero-order valence-electron chi connectivity index (χ0n) is 19.9. The third-order valence-electron chi connectivity index (χ3n) is 5.62. The molecule has 35 heavy (non-hydrogen) atoms. The molecule has 1 fully saturated rings. The van der Waals surface area contributed by atoms with Crippen LogP contribution >= 0.6 is 0 Å². The fourth-order valence-corrected chi connectivity index (χ4v) is 3.79. The van der Waals surface area contributed by atoms with Crippen LogP contribution in [0.3, 0.4) is 0 Å².